The van der Waals surface area contributed by atoms with Gasteiger partial charge in [-0.3, -0.25) is 4.57 Å². The van der Waals surface area contributed by atoms with E-state index in [9.17, 15) is 9.46 Å². The molecule has 0 saturated carbocycles. The molecule has 0 aliphatic heterocycles. The van der Waals surface area contributed by atoms with Crippen LogP contribution in [0.5, 0.6) is 0 Å². The second-order valence-corrected chi connectivity index (χ2v) is 6.60. The summed E-state index contributed by atoms with van der Waals surface area (Å²) in [5.41, 5.74) is 7.89. The zero-order valence-electron chi connectivity index (χ0n) is 14.6. The second-order valence-electron chi connectivity index (χ2n) is 4.70. The summed E-state index contributed by atoms with van der Waals surface area (Å²) in [6.07, 6.45) is 4.13. The van der Waals surface area contributed by atoms with Crippen LogP contribution >= 0.6 is 7.60 Å². The van der Waals surface area contributed by atoms with Gasteiger partial charge in [0.15, 0.2) is 0 Å². The number of hydroxylamine groups is 1. The van der Waals surface area contributed by atoms with E-state index in [2.05, 4.69) is 23.0 Å². The Labute approximate surface area is 172 Å². The smallest absolute Gasteiger partial charge is 1.00 e. The number of hydrogen-bond acceptors (Lipinski definition) is 6. The van der Waals surface area contributed by atoms with Gasteiger partial charge in [0.25, 0.3) is 0 Å². The molecular formula is C12H32KN4O3P. The van der Waals surface area contributed by atoms with Gasteiger partial charge in [-0.25, -0.2) is 4.62 Å². The van der Waals surface area contributed by atoms with E-state index in [1.165, 1.54) is 0 Å². The second kappa shape index (κ2) is 18.0. The molecule has 0 saturated heterocycles. The quantitative estimate of drug-likeness (QED) is 0.0964. The van der Waals surface area contributed by atoms with E-state index in [0.717, 1.165) is 45.3 Å². The molecule has 21 heavy (non-hydrogen) atoms. The molecule has 0 aliphatic rings. The molecule has 0 aromatic rings. The molecule has 0 spiro atoms. The first kappa shape index (κ1) is 24.9. The van der Waals surface area contributed by atoms with Crippen molar-refractivity contribution in [3.63, 3.8) is 0 Å². The monoisotopic (exact) mass is 350 g/mol. The molecular weight excluding hydrogens is 318 g/mol. The van der Waals surface area contributed by atoms with Crippen molar-refractivity contribution in [2.75, 3.05) is 45.4 Å². The summed E-state index contributed by atoms with van der Waals surface area (Å²) in [5.74, 6) is 0. The van der Waals surface area contributed by atoms with Crippen LogP contribution in [0.3, 0.4) is 0 Å². The van der Waals surface area contributed by atoms with Crippen molar-refractivity contribution >= 4 is 7.60 Å². The summed E-state index contributed by atoms with van der Waals surface area (Å²) in [7, 11) is -3.47. The molecule has 0 radical (unpaired) electrons. The first-order chi connectivity index (χ1) is 9.62. The molecule has 0 amide bonds. The predicted molar refractivity (Wildman–Crippen MR) is 83.8 cm³/mol. The van der Waals surface area contributed by atoms with Crippen LogP contribution in [0.4, 0.5) is 0 Å². The van der Waals surface area contributed by atoms with Crippen molar-refractivity contribution in [2.24, 2.45) is 5.73 Å². The summed E-state index contributed by atoms with van der Waals surface area (Å²) >= 11 is 0. The molecule has 1 unspecified atom stereocenters. The normalized spacial score (nSPS) is 13.7. The Bertz CT molecular complexity index is 269. The molecule has 1 atom stereocenters. The fraction of sp³-hybridized carbons (Fsp3) is 1.00. The molecule has 6 N–H and O–H groups in total. The molecule has 9 heteroatoms. The average molecular weight is 350 g/mol. The van der Waals surface area contributed by atoms with Crippen molar-refractivity contribution < 1.29 is 66.9 Å². The molecule has 0 aromatic carbocycles. The van der Waals surface area contributed by atoms with Gasteiger partial charge in [0.05, 0.1) is 6.16 Å². The van der Waals surface area contributed by atoms with Crippen LogP contribution in [0.15, 0.2) is 0 Å². The molecule has 0 heterocycles. The van der Waals surface area contributed by atoms with Crippen molar-refractivity contribution in [3.8, 4) is 0 Å². The Morgan fingerprint density at radius 3 is 2.33 bits per heavy atom. The van der Waals surface area contributed by atoms with Gasteiger partial charge < -0.3 is 22.7 Å². The molecule has 7 nitrogen and oxygen atoms in total. The minimum atomic E-state index is -3.47. The van der Waals surface area contributed by atoms with Crippen LogP contribution in [0.2, 0.25) is 0 Å². The number of rotatable bonds is 15. The molecule has 0 bridgehead atoms. The Hall–Kier alpha value is 1.63. The van der Waals surface area contributed by atoms with E-state index in [1.807, 2.05) is 0 Å². The van der Waals surface area contributed by atoms with Crippen LogP contribution in [-0.2, 0) is 9.19 Å². The van der Waals surface area contributed by atoms with Crippen molar-refractivity contribution in [1.82, 2.24) is 16.1 Å². The van der Waals surface area contributed by atoms with Gasteiger partial charge in [0.2, 0.25) is 0 Å². The predicted octanol–water partition coefficient (Wildman–Crippen LogP) is -2.47. The SMILES string of the molecule is CCCCCCP(=O)(O)ONCCNCCNCCN.[H-].[K+]. The van der Waals surface area contributed by atoms with Gasteiger partial charge in [0, 0.05) is 39.3 Å². The van der Waals surface area contributed by atoms with Crippen LogP contribution in [0.1, 0.15) is 34.0 Å². The van der Waals surface area contributed by atoms with Gasteiger partial charge >= 0.3 is 59.0 Å². The number of nitrogens with two attached hydrogens (primary N) is 1. The largest absolute Gasteiger partial charge is 1.00 e. The van der Waals surface area contributed by atoms with Crippen molar-refractivity contribution in [3.05, 3.63) is 0 Å². The number of nitrogens with one attached hydrogen (secondary N) is 3. The summed E-state index contributed by atoms with van der Waals surface area (Å²) in [4.78, 5) is 9.54. The molecule has 0 rings (SSSR count). The standard InChI is InChI=1S/C12H31N4O3P.K.H/c1-2-3-4-5-12-20(17,18)19-16-11-10-15-9-8-14-7-6-13;;/h14-16H,2-13H2,1H3,(H,17,18);;/q;+1;-1. The van der Waals surface area contributed by atoms with Gasteiger partial charge in [-0.15, -0.1) is 0 Å². The Morgan fingerprint density at radius 1 is 1.10 bits per heavy atom. The van der Waals surface area contributed by atoms with Gasteiger partial charge in [-0.05, 0) is 6.42 Å². The van der Waals surface area contributed by atoms with Crippen LogP contribution in [0.25, 0.3) is 0 Å². The average Bonchev–Trinajstić information content (AvgIpc) is 2.42. The molecule has 0 aliphatic carbocycles. The Morgan fingerprint density at radius 2 is 1.71 bits per heavy atom. The third-order valence-electron chi connectivity index (χ3n) is 2.70. The zero-order chi connectivity index (χ0) is 15.1. The topological polar surface area (TPSA) is 109 Å². The summed E-state index contributed by atoms with van der Waals surface area (Å²) in [6, 6.07) is 0. The minimum Gasteiger partial charge on any atom is -1.00 e. The van der Waals surface area contributed by atoms with Crippen LogP contribution < -0.4 is 73.2 Å². The third-order valence-corrected chi connectivity index (χ3v) is 4.00. The van der Waals surface area contributed by atoms with Crippen LogP contribution in [-0.4, -0.2) is 50.3 Å². The minimum absolute atomic E-state index is 0. The van der Waals surface area contributed by atoms with E-state index in [-0.39, 0.29) is 59.0 Å². The maximum Gasteiger partial charge on any atom is 1.00 e. The fourth-order valence-corrected chi connectivity index (χ4v) is 2.61. The fourth-order valence-electron chi connectivity index (χ4n) is 1.60. The van der Waals surface area contributed by atoms with E-state index in [1.54, 1.807) is 0 Å². The van der Waals surface area contributed by atoms with E-state index >= 15 is 0 Å². The van der Waals surface area contributed by atoms with Crippen molar-refractivity contribution in [2.45, 2.75) is 32.6 Å². The van der Waals surface area contributed by atoms with Gasteiger partial charge in [0.1, 0.15) is 0 Å². The van der Waals surface area contributed by atoms with E-state index in [4.69, 9.17) is 10.4 Å². The summed E-state index contributed by atoms with van der Waals surface area (Å²) < 4.78 is 16.5. The molecule has 0 fully saturated rings. The van der Waals surface area contributed by atoms with E-state index < -0.39 is 7.60 Å². The Balaban J connectivity index is -0.00000180. The molecule has 124 valence electrons. The summed E-state index contributed by atoms with van der Waals surface area (Å²) in [5, 5.41) is 6.33. The summed E-state index contributed by atoms with van der Waals surface area (Å²) in [6.45, 7) is 6.42. The number of unbranched alkanes of at least 4 members (excludes halogenated alkanes) is 3. The number of hydrogen-bond donors (Lipinski definition) is 5. The van der Waals surface area contributed by atoms with Gasteiger partial charge in [-0.2, -0.15) is 5.48 Å². The first-order valence-electron chi connectivity index (χ1n) is 7.47. The third kappa shape index (κ3) is 19.6. The van der Waals surface area contributed by atoms with Crippen molar-refractivity contribution in [1.29, 1.82) is 0 Å². The zero-order valence-corrected chi connectivity index (χ0v) is 17.6. The maximum atomic E-state index is 11.6. The Kier molecular flexibility index (Phi) is 21.3. The van der Waals surface area contributed by atoms with E-state index in [0.29, 0.717) is 19.6 Å². The van der Waals surface area contributed by atoms with Gasteiger partial charge in [-0.1, -0.05) is 26.2 Å². The molecule has 0 aromatic heterocycles. The maximum absolute atomic E-state index is 11.6. The first-order valence-corrected chi connectivity index (χ1v) is 9.23. The van der Waals surface area contributed by atoms with Crippen LogP contribution in [0, 0.1) is 0 Å².